The van der Waals surface area contributed by atoms with Crippen LogP contribution in [0.4, 0.5) is 0 Å². The number of hydrogen-bond donors (Lipinski definition) is 1. The Morgan fingerprint density at radius 2 is 0.781 bits per heavy atom. The largest absolute Gasteiger partial charge is 0.477 e. The highest BCUT2D eigenvalue weighted by Crippen LogP contribution is 2.13. The number of aliphatic carboxylic acids is 1. The van der Waals surface area contributed by atoms with E-state index in [-0.39, 0.29) is 38.6 Å². The zero-order valence-corrected chi connectivity index (χ0v) is 47.0. The third-order valence-electron chi connectivity index (χ3n) is 11.7. The molecule has 0 fully saturated rings. The Kier molecular flexibility index (Phi) is 50.8. The van der Waals surface area contributed by atoms with Gasteiger partial charge in [-0.3, -0.25) is 9.59 Å². The van der Waals surface area contributed by atoms with E-state index >= 15 is 0 Å². The lowest BCUT2D eigenvalue weighted by atomic mass is 10.1. The molecular formula is C64H106NO8+. The number of carbonyl (C=O) groups is 3. The Morgan fingerprint density at radius 3 is 1.18 bits per heavy atom. The number of carboxylic acid groups (broad SMARTS) is 1. The number of carbonyl (C=O) groups excluding carboxylic acids is 2. The van der Waals surface area contributed by atoms with Gasteiger partial charge in [0.05, 0.1) is 34.4 Å². The molecule has 0 aliphatic heterocycles. The van der Waals surface area contributed by atoms with E-state index < -0.39 is 24.3 Å². The minimum Gasteiger partial charge on any atom is -0.477 e. The van der Waals surface area contributed by atoms with Crippen LogP contribution >= 0.6 is 0 Å². The van der Waals surface area contributed by atoms with Crippen molar-refractivity contribution in [2.75, 3.05) is 47.5 Å². The van der Waals surface area contributed by atoms with Crippen LogP contribution in [0.5, 0.6) is 0 Å². The highest BCUT2D eigenvalue weighted by Gasteiger charge is 2.25. The van der Waals surface area contributed by atoms with E-state index in [0.29, 0.717) is 17.4 Å². The van der Waals surface area contributed by atoms with Crippen molar-refractivity contribution in [2.24, 2.45) is 0 Å². The molecule has 0 heterocycles. The van der Waals surface area contributed by atoms with Crippen molar-refractivity contribution in [3.63, 3.8) is 0 Å². The number of ether oxygens (including phenoxy) is 4. The van der Waals surface area contributed by atoms with Gasteiger partial charge >= 0.3 is 17.9 Å². The molecule has 414 valence electrons. The summed E-state index contributed by atoms with van der Waals surface area (Å²) in [4.78, 5) is 37.4. The van der Waals surface area contributed by atoms with Crippen molar-refractivity contribution in [3.8, 4) is 0 Å². The summed E-state index contributed by atoms with van der Waals surface area (Å²) in [6.45, 7) is 4.70. The van der Waals surface area contributed by atoms with Gasteiger partial charge in [-0.1, -0.05) is 206 Å². The molecule has 2 unspecified atom stereocenters. The third-order valence-corrected chi connectivity index (χ3v) is 11.7. The summed E-state index contributed by atoms with van der Waals surface area (Å²) in [6.07, 6.45) is 72.7. The molecule has 0 aliphatic carbocycles. The normalized spacial score (nSPS) is 13.7. The quantitative estimate of drug-likeness (QED) is 0.0211. The fourth-order valence-electron chi connectivity index (χ4n) is 7.29. The molecule has 1 N–H and O–H groups in total. The Morgan fingerprint density at radius 1 is 0.425 bits per heavy atom. The number of likely N-dealkylation sites (N-methyl/N-ethyl adjacent to an activating group) is 1. The van der Waals surface area contributed by atoms with Gasteiger partial charge in [0.2, 0.25) is 0 Å². The van der Waals surface area contributed by atoms with Gasteiger partial charge in [0, 0.05) is 12.8 Å². The first kappa shape index (κ1) is 68.7. The van der Waals surface area contributed by atoms with E-state index in [1.807, 2.05) is 21.1 Å². The molecule has 0 amide bonds. The van der Waals surface area contributed by atoms with Crippen molar-refractivity contribution in [1.29, 1.82) is 0 Å². The number of rotatable bonds is 51. The van der Waals surface area contributed by atoms with Crippen molar-refractivity contribution in [2.45, 2.75) is 219 Å². The smallest absolute Gasteiger partial charge is 0.361 e. The maximum atomic E-state index is 12.9. The predicted octanol–water partition coefficient (Wildman–Crippen LogP) is 16.9. The first-order valence-electron chi connectivity index (χ1n) is 28.7. The van der Waals surface area contributed by atoms with Crippen molar-refractivity contribution in [3.05, 3.63) is 122 Å². The van der Waals surface area contributed by atoms with E-state index in [4.69, 9.17) is 18.9 Å². The summed E-state index contributed by atoms with van der Waals surface area (Å²) >= 11 is 0. The summed E-state index contributed by atoms with van der Waals surface area (Å²) in [5, 5.41) is 9.69. The summed E-state index contributed by atoms with van der Waals surface area (Å²) in [5.74, 6) is -2.06. The molecule has 9 nitrogen and oxygen atoms in total. The summed E-state index contributed by atoms with van der Waals surface area (Å²) < 4.78 is 22.8. The van der Waals surface area contributed by atoms with Crippen molar-refractivity contribution < 1.29 is 42.9 Å². The molecule has 0 aliphatic rings. The maximum Gasteiger partial charge on any atom is 0.361 e. The lowest BCUT2D eigenvalue weighted by molar-refractivity contribution is -0.870. The average Bonchev–Trinajstić information content (AvgIpc) is 3.36. The van der Waals surface area contributed by atoms with Crippen LogP contribution in [0.3, 0.4) is 0 Å². The number of carboxylic acids is 1. The lowest BCUT2D eigenvalue weighted by Crippen LogP contribution is -2.40. The molecule has 9 heteroatoms. The van der Waals surface area contributed by atoms with Gasteiger partial charge in [-0.25, -0.2) is 4.79 Å². The molecule has 0 radical (unpaired) electrons. The van der Waals surface area contributed by atoms with Gasteiger partial charge in [0.25, 0.3) is 6.29 Å². The first-order valence-corrected chi connectivity index (χ1v) is 28.7. The summed E-state index contributed by atoms with van der Waals surface area (Å²) in [6, 6.07) is 0. The molecule has 0 saturated heterocycles. The van der Waals surface area contributed by atoms with Gasteiger partial charge < -0.3 is 28.5 Å². The van der Waals surface area contributed by atoms with Crippen LogP contribution < -0.4 is 0 Å². The fraction of sp³-hybridized carbons (Fsp3) is 0.641. The van der Waals surface area contributed by atoms with Crippen LogP contribution in [-0.4, -0.2) is 87.4 Å². The second-order valence-corrected chi connectivity index (χ2v) is 19.9. The zero-order chi connectivity index (χ0) is 53.4. The van der Waals surface area contributed by atoms with E-state index in [2.05, 4.69) is 135 Å². The van der Waals surface area contributed by atoms with Crippen molar-refractivity contribution >= 4 is 17.9 Å². The van der Waals surface area contributed by atoms with Gasteiger partial charge in [-0.2, -0.15) is 0 Å². The van der Waals surface area contributed by atoms with Crippen LogP contribution in [0.1, 0.15) is 206 Å². The highest BCUT2D eigenvalue weighted by atomic mass is 16.7. The van der Waals surface area contributed by atoms with Crippen LogP contribution in [-0.2, 0) is 33.3 Å². The van der Waals surface area contributed by atoms with Gasteiger partial charge in [0.15, 0.2) is 6.10 Å². The number of allylic oxidation sites excluding steroid dienone is 20. The maximum absolute atomic E-state index is 12.9. The summed E-state index contributed by atoms with van der Waals surface area (Å²) in [5.41, 5.74) is 0. The number of esters is 2. The third kappa shape index (κ3) is 55.3. The van der Waals surface area contributed by atoms with E-state index in [9.17, 15) is 19.5 Å². The van der Waals surface area contributed by atoms with Crippen molar-refractivity contribution in [1.82, 2.24) is 0 Å². The monoisotopic (exact) mass is 1020 g/mol. The molecule has 0 bridgehead atoms. The van der Waals surface area contributed by atoms with Crippen LogP contribution in [0, 0.1) is 0 Å². The number of hydrogen-bond acceptors (Lipinski definition) is 7. The minimum absolute atomic E-state index is 0.176. The number of nitrogens with zero attached hydrogens (tertiary/aromatic N) is 1. The van der Waals surface area contributed by atoms with Crippen LogP contribution in [0.25, 0.3) is 0 Å². The predicted molar refractivity (Wildman–Crippen MR) is 308 cm³/mol. The topological polar surface area (TPSA) is 108 Å². The number of quaternary nitrogens is 1. The molecule has 0 saturated carbocycles. The zero-order valence-electron chi connectivity index (χ0n) is 47.0. The van der Waals surface area contributed by atoms with Gasteiger partial charge in [0.1, 0.15) is 13.2 Å². The second-order valence-electron chi connectivity index (χ2n) is 19.9. The van der Waals surface area contributed by atoms with E-state index in [1.54, 1.807) is 0 Å². The SMILES string of the molecule is CC/C=C\C/C=C\C/C=C\C/C=C\C/C=C\C/C=C\C/C=C\C/C=C\C/C=C\CCCCCCCC(=O)OC(COC(=O)CCCCCCC/C=C\CCCCCCCC)COC(OCC[N+](C)(C)C)C(=O)O. The molecular weight excluding hydrogens is 911 g/mol. The van der Waals surface area contributed by atoms with Crippen LogP contribution in [0.15, 0.2) is 122 Å². The Balaban J connectivity index is 4.32. The standard InChI is InChI=1S/C64H105NO8/c1-6-8-10-12-14-16-18-20-22-23-24-25-26-27-28-29-30-31-32-33-34-35-36-37-38-39-41-43-45-47-49-51-53-55-62(67)73-60(59-72-64(63(68)69)70-57-56-65(3,4)5)58-71-61(66)54-52-50-48-46-44-42-40-21-19-17-15-13-11-9-7-2/h8,10,14,16,20-22,24-25,27-28,30-31,33-34,36-37,39-41,60,64H,6-7,9,11-13,15,17-19,23,26,29,32,35,38,42-59H2,1-5H3/p+1/b10-8-,16-14-,22-20-,25-24-,28-27-,31-30-,34-33-,37-36-,40-21-,41-39-. The lowest BCUT2D eigenvalue weighted by Gasteiger charge is -2.25. The fourth-order valence-corrected chi connectivity index (χ4v) is 7.29. The average molecular weight is 1020 g/mol. The molecule has 73 heavy (non-hydrogen) atoms. The number of unbranched alkanes of at least 4 members (excludes halogenated alkanes) is 16. The molecule has 0 spiro atoms. The van der Waals surface area contributed by atoms with Crippen LogP contribution in [0.2, 0.25) is 0 Å². The first-order chi connectivity index (χ1) is 35.6. The second kappa shape index (κ2) is 54.0. The van der Waals surface area contributed by atoms with Gasteiger partial charge in [-0.05, 0) is 109 Å². The highest BCUT2D eigenvalue weighted by molar-refractivity contribution is 5.71. The van der Waals surface area contributed by atoms with Gasteiger partial charge in [-0.15, -0.1) is 0 Å². The molecule has 0 aromatic heterocycles. The molecule has 0 aromatic carbocycles. The van der Waals surface area contributed by atoms with E-state index in [1.165, 1.54) is 44.9 Å². The molecule has 2 atom stereocenters. The molecule has 0 aromatic rings. The Labute approximate surface area is 447 Å². The molecule has 0 rings (SSSR count). The minimum atomic E-state index is -1.52. The Hall–Kier alpha value is -4.31. The van der Waals surface area contributed by atoms with E-state index in [0.717, 1.165) is 128 Å². The summed E-state index contributed by atoms with van der Waals surface area (Å²) in [7, 11) is 5.95. The Bertz CT molecular complexity index is 1610.